The number of carbonyl (C=O) groups excluding carboxylic acids is 1. The van der Waals surface area contributed by atoms with Gasteiger partial charge in [0.05, 0.1) is 19.3 Å². The van der Waals surface area contributed by atoms with Gasteiger partial charge in [0.2, 0.25) is 0 Å². The molecular weight excluding hydrogens is 280 g/mol. The summed E-state index contributed by atoms with van der Waals surface area (Å²) in [5.74, 6) is -0.114. The van der Waals surface area contributed by atoms with Crippen LogP contribution in [-0.2, 0) is 19.1 Å². The van der Waals surface area contributed by atoms with Crippen LogP contribution in [0.5, 0.6) is 5.75 Å². The van der Waals surface area contributed by atoms with Crippen molar-refractivity contribution in [3.8, 4) is 5.75 Å². The molecule has 0 fully saturated rings. The molecule has 6 heteroatoms. The fourth-order valence-electron chi connectivity index (χ4n) is 1.69. The molecule has 0 amide bonds. The first-order chi connectivity index (χ1) is 9.44. The van der Waals surface area contributed by atoms with Crippen molar-refractivity contribution in [2.24, 2.45) is 0 Å². The predicted octanol–water partition coefficient (Wildman–Crippen LogP) is 2.11. The van der Waals surface area contributed by atoms with Crippen LogP contribution in [0.4, 0.5) is 0 Å². The van der Waals surface area contributed by atoms with E-state index in [1.165, 1.54) is 0 Å². The van der Waals surface area contributed by atoms with Crippen molar-refractivity contribution < 1.29 is 22.1 Å². The van der Waals surface area contributed by atoms with Crippen LogP contribution >= 0.6 is 0 Å². The molecule has 0 saturated heterocycles. The van der Waals surface area contributed by atoms with Crippen molar-refractivity contribution in [1.29, 1.82) is 0 Å². The molecule has 0 radical (unpaired) electrons. The molecule has 0 spiro atoms. The molecule has 0 heterocycles. The molecular formula is C14H14O5S. The molecule has 0 aliphatic heterocycles. The van der Waals surface area contributed by atoms with E-state index in [0.717, 1.165) is 17.0 Å². The lowest BCUT2D eigenvalue weighted by Gasteiger charge is -2.05. The molecule has 0 aromatic heterocycles. The van der Waals surface area contributed by atoms with E-state index in [-0.39, 0.29) is 13.0 Å². The summed E-state index contributed by atoms with van der Waals surface area (Å²) in [7, 11) is -3.53. The highest BCUT2D eigenvalue weighted by Gasteiger charge is 2.08. The summed E-state index contributed by atoms with van der Waals surface area (Å²) < 4.78 is 31.1. The van der Waals surface area contributed by atoms with Crippen LogP contribution in [0.2, 0.25) is 0 Å². The lowest BCUT2D eigenvalue weighted by Crippen LogP contribution is -2.13. The molecule has 0 unspecified atom stereocenters. The maximum Gasteiger partial charge on any atom is 0.313 e. The zero-order valence-corrected chi connectivity index (χ0v) is 11.7. The maximum absolute atomic E-state index is 11.5. The Labute approximate surface area is 117 Å². The van der Waals surface area contributed by atoms with Gasteiger partial charge in [0.15, 0.2) is 0 Å². The first-order valence-electron chi connectivity index (χ1n) is 5.98. The van der Waals surface area contributed by atoms with Crippen LogP contribution in [0, 0.1) is 0 Å². The minimum atomic E-state index is -3.53. The summed E-state index contributed by atoms with van der Waals surface area (Å²) in [5, 5.41) is 2.01. The third-order valence-electron chi connectivity index (χ3n) is 2.56. The van der Waals surface area contributed by atoms with Crippen LogP contribution in [0.25, 0.3) is 10.8 Å². The molecule has 5 nitrogen and oxygen atoms in total. The summed E-state index contributed by atoms with van der Waals surface area (Å²) in [6.45, 7) is -0.217. The van der Waals surface area contributed by atoms with Crippen molar-refractivity contribution in [2.75, 3.05) is 12.9 Å². The van der Waals surface area contributed by atoms with Gasteiger partial charge in [0.1, 0.15) is 5.75 Å². The van der Waals surface area contributed by atoms with E-state index in [0.29, 0.717) is 5.75 Å². The van der Waals surface area contributed by atoms with Crippen molar-refractivity contribution in [1.82, 2.24) is 0 Å². The Morgan fingerprint density at radius 1 is 1.10 bits per heavy atom. The van der Waals surface area contributed by atoms with E-state index >= 15 is 0 Å². The van der Waals surface area contributed by atoms with Crippen molar-refractivity contribution in [3.05, 3.63) is 42.5 Å². The number of hydrogen-bond donors (Lipinski definition) is 0. The molecule has 0 N–H and O–H groups in total. The van der Waals surface area contributed by atoms with Crippen LogP contribution < -0.4 is 4.74 Å². The number of ether oxygens (including phenoxy) is 1. The van der Waals surface area contributed by atoms with E-state index in [9.17, 15) is 13.2 Å². The van der Waals surface area contributed by atoms with Crippen LogP contribution in [0.15, 0.2) is 42.5 Å². The Hall–Kier alpha value is -1.92. The fourth-order valence-corrected chi connectivity index (χ4v) is 2.08. The normalized spacial score (nSPS) is 11.4. The Kier molecular flexibility index (Phi) is 4.36. The first-order valence-corrected chi connectivity index (χ1v) is 7.79. The quantitative estimate of drug-likeness (QED) is 0.480. The highest BCUT2D eigenvalue weighted by Crippen LogP contribution is 2.20. The Balaban J connectivity index is 1.96. The molecule has 2 aromatic carbocycles. The highest BCUT2D eigenvalue weighted by atomic mass is 32.2. The molecule has 0 atom stereocenters. The second-order valence-corrected chi connectivity index (χ2v) is 5.90. The summed E-state index contributed by atoms with van der Waals surface area (Å²) in [5.41, 5.74) is 0. The molecule has 20 heavy (non-hydrogen) atoms. The minimum Gasteiger partial charge on any atom is -0.426 e. The van der Waals surface area contributed by atoms with E-state index in [2.05, 4.69) is 4.18 Å². The monoisotopic (exact) mass is 294 g/mol. The van der Waals surface area contributed by atoms with Crippen LogP contribution in [0.1, 0.15) is 6.42 Å². The highest BCUT2D eigenvalue weighted by molar-refractivity contribution is 7.85. The Morgan fingerprint density at radius 3 is 2.50 bits per heavy atom. The van der Waals surface area contributed by atoms with Gasteiger partial charge >= 0.3 is 5.97 Å². The largest absolute Gasteiger partial charge is 0.426 e. The molecule has 2 aromatic rings. The van der Waals surface area contributed by atoms with E-state index < -0.39 is 16.1 Å². The van der Waals surface area contributed by atoms with E-state index in [1.54, 1.807) is 12.1 Å². The van der Waals surface area contributed by atoms with Gasteiger partial charge in [0.25, 0.3) is 10.1 Å². The lowest BCUT2D eigenvalue weighted by molar-refractivity contribution is -0.134. The van der Waals surface area contributed by atoms with Gasteiger partial charge in [-0.2, -0.15) is 8.42 Å². The number of rotatable bonds is 5. The molecule has 0 aliphatic carbocycles. The standard InChI is InChI=1S/C14H14O5S/c1-20(16,17)18-9-8-14(15)19-13-7-6-11-4-2-3-5-12(11)10-13/h2-7,10H,8-9H2,1H3. The first kappa shape index (κ1) is 14.5. The van der Waals surface area contributed by atoms with Gasteiger partial charge in [-0.1, -0.05) is 30.3 Å². The summed E-state index contributed by atoms with van der Waals surface area (Å²) in [4.78, 5) is 11.5. The number of fused-ring (bicyclic) bond motifs is 1. The maximum atomic E-state index is 11.5. The van der Waals surface area contributed by atoms with Gasteiger partial charge < -0.3 is 4.74 Å². The predicted molar refractivity (Wildman–Crippen MR) is 75.0 cm³/mol. The molecule has 0 bridgehead atoms. The number of carbonyl (C=O) groups is 1. The Morgan fingerprint density at radius 2 is 1.80 bits per heavy atom. The minimum absolute atomic E-state index is 0.125. The van der Waals surface area contributed by atoms with Crippen LogP contribution in [0.3, 0.4) is 0 Å². The fraction of sp³-hybridized carbons (Fsp3) is 0.214. The van der Waals surface area contributed by atoms with Gasteiger partial charge in [0, 0.05) is 0 Å². The second-order valence-electron chi connectivity index (χ2n) is 4.26. The van der Waals surface area contributed by atoms with Crippen molar-refractivity contribution in [3.63, 3.8) is 0 Å². The van der Waals surface area contributed by atoms with Gasteiger partial charge in [-0.3, -0.25) is 8.98 Å². The summed E-state index contributed by atoms with van der Waals surface area (Å²) >= 11 is 0. The van der Waals surface area contributed by atoms with Crippen LogP contribution in [-0.4, -0.2) is 27.2 Å². The summed E-state index contributed by atoms with van der Waals surface area (Å²) in [6.07, 6.45) is 0.807. The van der Waals surface area contributed by atoms with Crippen molar-refractivity contribution >= 4 is 26.9 Å². The average molecular weight is 294 g/mol. The molecule has 106 valence electrons. The average Bonchev–Trinajstić information content (AvgIpc) is 2.37. The number of benzene rings is 2. The second kappa shape index (κ2) is 6.02. The Bertz CT molecular complexity index is 721. The van der Waals surface area contributed by atoms with Crippen molar-refractivity contribution in [2.45, 2.75) is 6.42 Å². The SMILES string of the molecule is CS(=O)(=O)OCCC(=O)Oc1ccc2ccccc2c1. The van der Waals surface area contributed by atoms with E-state index in [1.807, 2.05) is 30.3 Å². The summed E-state index contributed by atoms with van der Waals surface area (Å²) in [6, 6.07) is 13.0. The molecule has 0 saturated carbocycles. The molecule has 2 rings (SSSR count). The van der Waals surface area contributed by atoms with Gasteiger partial charge in [-0.25, -0.2) is 0 Å². The molecule has 0 aliphatic rings. The van der Waals surface area contributed by atoms with Gasteiger partial charge in [-0.05, 0) is 22.9 Å². The zero-order chi connectivity index (χ0) is 14.6. The third-order valence-corrected chi connectivity index (χ3v) is 3.15. The zero-order valence-electron chi connectivity index (χ0n) is 10.9. The smallest absolute Gasteiger partial charge is 0.313 e. The third kappa shape index (κ3) is 4.32. The topological polar surface area (TPSA) is 69.7 Å². The van der Waals surface area contributed by atoms with E-state index in [4.69, 9.17) is 4.74 Å². The number of hydrogen-bond acceptors (Lipinski definition) is 5. The van der Waals surface area contributed by atoms with Gasteiger partial charge in [-0.15, -0.1) is 0 Å². The number of esters is 1. The lowest BCUT2D eigenvalue weighted by atomic mass is 10.1.